The molecule has 3 aliphatic rings. The van der Waals surface area contributed by atoms with Gasteiger partial charge in [-0.3, -0.25) is 4.79 Å². The van der Waals surface area contributed by atoms with Crippen LogP contribution in [0, 0.1) is 17.3 Å². The van der Waals surface area contributed by atoms with Crippen LogP contribution >= 0.6 is 0 Å². The Balaban J connectivity index is 1.74. The van der Waals surface area contributed by atoms with Crippen molar-refractivity contribution < 1.29 is 18.0 Å². The van der Waals surface area contributed by atoms with Crippen molar-refractivity contribution in [3.63, 3.8) is 0 Å². The average Bonchev–Trinajstić information content (AvgIpc) is 3.22. The number of carbonyl (C=O) groups is 1. The van der Waals surface area contributed by atoms with Crippen LogP contribution < -0.4 is 11.5 Å². The molecule has 23 heavy (non-hydrogen) atoms. The zero-order valence-corrected chi connectivity index (χ0v) is 12.9. The van der Waals surface area contributed by atoms with E-state index in [2.05, 4.69) is 0 Å². The molecule has 4 N–H and O–H groups in total. The van der Waals surface area contributed by atoms with E-state index in [4.69, 9.17) is 11.5 Å². The van der Waals surface area contributed by atoms with Gasteiger partial charge in [0.15, 0.2) is 0 Å². The Hall–Kier alpha value is -1.50. The van der Waals surface area contributed by atoms with E-state index in [-0.39, 0.29) is 29.9 Å². The van der Waals surface area contributed by atoms with Crippen molar-refractivity contribution in [1.82, 2.24) is 4.90 Å². The number of nitrogens with zero attached hydrogens (tertiary/aromatic N) is 1. The fourth-order valence-electron chi connectivity index (χ4n) is 3.68. The molecule has 2 fully saturated rings. The van der Waals surface area contributed by atoms with Gasteiger partial charge in [-0.25, -0.2) is 0 Å². The zero-order valence-electron chi connectivity index (χ0n) is 12.9. The Morgan fingerprint density at radius 1 is 1.35 bits per heavy atom. The van der Waals surface area contributed by atoms with Crippen LogP contribution in [0.15, 0.2) is 23.9 Å². The molecular weight excluding hydrogens is 307 g/mol. The first-order valence-electron chi connectivity index (χ1n) is 8.00. The van der Waals surface area contributed by atoms with Crippen molar-refractivity contribution >= 4 is 5.91 Å². The van der Waals surface area contributed by atoms with E-state index < -0.39 is 17.6 Å². The predicted octanol–water partition coefficient (Wildman–Crippen LogP) is 1.92. The zero-order chi connectivity index (χ0) is 16.8. The van der Waals surface area contributed by atoms with E-state index in [1.807, 2.05) is 0 Å². The van der Waals surface area contributed by atoms with Gasteiger partial charge in [0.1, 0.15) is 5.41 Å². The maximum atomic E-state index is 13.8. The van der Waals surface area contributed by atoms with Crippen LogP contribution in [0.1, 0.15) is 25.7 Å². The van der Waals surface area contributed by atoms with Crippen LogP contribution in [0.3, 0.4) is 0 Å². The van der Waals surface area contributed by atoms with Gasteiger partial charge in [0.2, 0.25) is 5.91 Å². The molecule has 1 saturated heterocycles. The van der Waals surface area contributed by atoms with Crippen molar-refractivity contribution in [2.24, 2.45) is 28.7 Å². The lowest BCUT2D eigenvalue weighted by molar-refractivity contribution is -0.215. The highest BCUT2D eigenvalue weighted by atomic mass is 19.4. The number of nitrogens with two attached hydrogens (primary N) is 2. The molecule has 3 atom stereocenters. The quantitative estimate of drug-likeness (QED) is 0.831. The van der Waals surface area contributed by atoms with Crippen molar-refractivity contribution in [2.45, 2.75) is 37.9 Å². The van der Waals surface area contributed by atoms with Gasteiger partial charge < -0.3 is 16.4 Å². The largest absolute Gasteiger partial charge is 0.401 e. The summed E-state index contributed by atoms with van der Waals surface area (Å²) in [6, 6.07) is -1.28. The van der Waals surface area contributed by atoms with E-state index in [1.54, 1.807) is 4.90 Å². The minimum absolute atomic E-state index is 0.0498. The summed E-state index contributed by atoms with van der Waals surface area (Å²) in [5.41, 5.74) is 9.40. The van der Waals surface area contributed by atoms with Crippen LogP contribution in [0.4, 0.5) is 13.2 Å². The topological polar surface area (TPSA) is 72.3 Å². The molecule has 3 rings (SSSR count). The summed E-state index contributed by atoms with van der Waals surface area (Å²) in [6.45, 7) is 0.926. The molecule has 7 heteroatoms. The van der Waals surface area contributed by atoms with Gasteiger partial charge in [-0.2, -0.15) is 13.2 Å². The third kappa shape index (κ3) is 2.86. The van der Waals surface area contributed by atoms with Gasteiger partial charge in [0.25, 0.3) is 0 Å². The molecule has 2 aliphatic carbocycles. The summed E-state index contributed by atoms with van der Waals surface area (Å²) in [7, 11) is 0. The third-order valence-electron chi connectivity index (χ3n) is 5.27. The summed E-state index contributed by atoms with van der Waals surface area (Å²) in [4.78, 5) is 13.8. The molecule has 128 valence electrons. The molecule has 1 amide bonds. The number of amides is 1. The monoisotopic (exact) mass is 329 g/mol. The van der Waals surface area contributed by atoms with Crippen LogP contribution in [-0.4, -0.2) is 36.1 Å². The molecule has 0 aromatic heterocycles. The number of hydrogen-bond donors (Lipinski definition) is 2. The van der Waals surface area contributed by atoms with Crippen LogP contribution in [0.2, 0.25) is 0 Å². The number of alkyl halides is 3. The van der Waals surface area contributed by atoms with Gasteiger partial charge in [-0.05, 0) is 37.7 Å². The van der Waals surface area contributed by atoms with E-state index in [9.17, 15) is 18.0 Å². The number of carbonyl (C=O) groups excluding carboxylic acids is 1. The second-order valence-electron chi connectivity index (χ2n) is 6.96. The van der Waals surface area contributed by atoms with Crippen molar-refractivity contribution in [2.75, 3.05) is 13.1 Å². The average molecular weight is 329 g/mol. The first-order valence-corrected chi connectivity index (χ1v) is 8.00. The Bertz CT molecular complexity index is 553. The normalized spacial score (nSPS) is 34.6. The number of rotatable bonds is 3. The Morgan fingerprint density at radius 3 is 2.65 bits per heavy atom. The minimum atomic E-state index is -4.48. The molecule has 0 aromatic carbocycles. The van der Waals surface area contributed by atoms with E-state index in [0.717, 1.165) is 18.9 Å². The second-order valence-corrected chi connectivity index (χ2v) is 6.96. The van der Waals surface area contributed by atoms with Crippen molar-refractivity contribution in [3.8, 4) is 0 Å². The minimum Gasteiger partial charge on any atom is -0.401 e. The van der Waals surface area contributed by atoms with Gasteiger partial charge in [0, 0.05) is 24.7 Å². The highest BCUT2D eigenvalue weighted by Gasteiger charge is 2.59. The van der Waals surface area contributed by atoms with E-state index in [1.165, 1.54) is 12.2 Å². The van der Waals surface area contributed by atoms with Gasteiger partial charge in [0.05, 0.1) is 6.04 Å². The predicted molar refractivity (Wildman–Crippen MR) is 79.9 cm³/mol. The van der Waals surface area contributed by atoms with E-state index in [0.29, 0.717) is 19.5 Å². The smallest absolute Gasteiger partial charge is 0.399 e. The number of hydrogen-bond acceptors (Lipinski definition) is 3. The van der Waals surface area contributed by atoms with Gasteiger partial charge in [-0.15, -0.1) is 0 Å². The Morgan fingerprint density at radius 2 is 2.04 bits per heavy atom. The lowest BCUT2D eigenvalue weighted by Gasteiger charge is -2.41. The highest BCUT2D eigenvalue weighted by molar-refractivity contribution is 5.81. The number of halogens is 3. The Kier molecular flexibility index (Phi) is 3.94. The molecule has 0 spiro atoms. The van der Waals surface area contributed by atoms with Gasteiger partial charge in [-0.1, -0.05) is 12.2 Å². The second kappa shape index (κ2) is 5.54. The highest BCUT2D eigenvalue weighted by Crippen LogP contribution is 2.50. The van der Waals surface area contributed by atoms with E-state index >= 15 is 0 Å². The molecule has 1 heterocycles. The Labute approximate surface area is 133 Å². The molecule has 0 aromatic rings. The molecule has 4 nitrogen and oxygen atoms in total. The van der Waals surface area contributed by atoms with Crippen molar-refractivity contribution in [3.05, 3.63) is 23.9 Å². The van der Waals surface area contributed by atoms with Crippen molar-refractivity contribution in [1.29, 1.82) is 0 Å². The van der Waals surface area contributed by atoms with Crippen LogP contribution in [0.25, 0.3) is 0 Å². The molecule has 0 bridgehead atoms. The number of likely N-dealkylation sites (tertiary alicyclic amines) is 1. The summed E-state index contributed by atoms with van der Waals surface area (Å²) in [5.74, 6) is -0.0156. The summed E-state index contributed by atoms with van der Waals surface area (Å²) >= 11 is 0. The third-order valence-corrected chi connectivity index (χ3v) is 5.27. The molecule has 1 aliphatic heterocycles. The van der Waals surface area contributed by atoms with Gasteiger partial charge >= 0.3 is 6.18 Å². The first kappa shape index (κ1) is 16.4. The van der Waals surface area contributed by atoms with Crippen LogP contribution in [0.5, 0.6) is 0 Å². The molecule has 1 saturated carbocycles. The summed E-state index contributed by atoms with van der Waals surface area (Å²) < 4.78 is 41.3. The summed E-state index contributed by atoms with van der Waals surface area (Å²) in [5, 5.41) is 0. The molecule has 0 radical (unpaired) electrons. The molecule has 2 unspecified atom stereocenters. The maximum absolute atomic E-state index is 13.8. The summed E-state index contributed by atoms with van der Waals surface area (Å²) in [6.07, 6.45) is 1.69. The lowest BCUT2D eigenvalue weighted by atomic mass is 9.69. The standard InChI is InChI=1S/C16H22F3N3O/c17-16(18,19)15(6-1-2-12(20)13(15)21)8-10-5-7-22(9-10)14(23)11-3-4-11/h1-2,6,10-11,13H,3-5,7-9,20-21H2/t10-,13?,15?/m1/s1. The molecular formula is C16H22F3N3O. The number of allylic oxidation sites excluding steroid dienone is 2. The fraction of sp³-hybridized carbons (Fsp3) is 0.688. The lowest BCUT2D eigenvalue weighted by Crippen LogP contribution is -2.55. The first-order chi connectivity index (χ1) is 10.7. The van der Waals surface area contributed by atoms with Crippen LogP contribution in [-0.2, 0) is 4.79 Å². The SMILES string of the molecule is NC1=CC=CC(C[C@H]2CCN(C(=O)C3CC3)C2)(C(F)(F)F)C1N. The fourth-order valence-corrected chi connectivity index (χ4v) is 3.68. The maximum Gasteiger partial charge on any atom is 0.399 e.